The third kappa shape index (κ3) is 3.87. The van der Waals surface area contributed by atoms with Gasteiger partial charge in [-0.3, -0.25) is 9.59 Å². The third-order valence-corrected chi connectivity index (χ3v) is 11.9. The molecule has 4 rings (SSSR count). The fraction of sp³-hybridized carbons (Fsp3) is 0.586. The van der Waals surface area contributed by atoms with Crippen molar-refractivity contribution < 1.29 is 30.0 Å². The Morgan fingerprint density at radius 3 is 2.26 bits per heavy atom. The van der Waals surface area contributed by atoms with E-state index in [1.807, 2.05) is 26.0 Å². The Morgan fingerprint density at radius 1 is 1.13 bits per heavy atom. The van der Waals surface area contributed by atoms with E-state index in [9.17, 15) is 19.8 Å². The molecule has 1 heterocycles. The lowest BCUT2D eigenvalue weighted by Crippen LogP contribution is -2.86. The van der Waals surface area contributed by atoms with Crippen LogP contribution in [0, 0.1) is 23.7 Å². The zero-order valence-corrected chi connectivity index (χ0v) is 25.3. The molecule has 0 bridgehead atoms. The number of fused-ring (bicyclic) bond motifs is 2. The fourth-order valence-corrected chi connectivity index (χ4v) is 8.14. The van der Waals surface area contributed by atoms with Gasteiger partial charge in [-0.2, -0.15) is 5.84 Å². The molecule has 1 saturated heterocycles. The number of aromatic hydroxyl groups is 1. The highest BCUT2D eigenvalue weighted by Gasteiger charge is 2.73. The molecule has 1 aromatic carbocycles. The lowest BCUT2D eigenvalue weighted by Gasteiger charge is -2.61. The molecule has 0 aromatic heterocycles. The number of allylic oxidation sites excluding steroid dienone is 2. The van der Waals surface area contributed by atoms with Crippen LogP contribution in [0.4, 0.5) is 5.69 Å². The molecule has 2 aliphatic carbocycles. The van der Waals surface area contributed by atoms with Crippen molar-refractivity contribution in [3.05, 3.63) is 42.0 Å². The van der Waals surface area contributed by atoms with E-state index in [1.54, 1.807) is 13.8 Å². The second-order valence-corrected chi connectivity index (χ2v) is 14.1. The Kier molecular flexibility index (Phi) is 7.37. The van der Waals surface area contributed by atoms with Crippen molar-refractivity contribution in [3.63, 3.8) is 0 Å². The van der Waals surface area contributed by atoms with E-state index in [0.29, 0.717) is 12.8 Å². The predicted octanol–water partition coefficient (Wildman–Crippen LogP) is 4.54. The van der Waals surface area contributed by atoms with Gasteiger partial charge in [0.1, 0.15) is 10.6 Å². The lowest BCUT2D eigenvalue weighted by molar-refractivity contribution is -0.588. The minimum atomic E-state index is -1.98. The minimum absolute atomic E-state index is 0.0331. The number of carbonyl (C=O) groups excluding carboxylic acids is 2. The number of ether oxygens (including phenoxy) is 1. The molecule has 5 atom stereocenters. The molecule has 3 aliphatic rings. The number of phenolic OH excluding ortho intramolecular Hbond substituents is 1. The van der Waals surface area contributed by atoms with Crippen LogP contribution in [0.15, 0.2) is 25.3 Å². The first-order valence-electron chi connectivity index (χ1n) is 13.1. The van der Waals surface area contributed by atoms with Gasteiger partial charge in [-0.05, 0) is 69.1 Å². The maximum atomic E-state index is 14.9. The normalized spacial score (nSPS) is 34.6. The van der Waals surface area contributed by atoms with Crippen molar-refractivity contribution >= 4 is 52.1 Å². The smallest absolute Gasteiger partial charge is 0.203 e. The summed E-state index contributed by atoms with van der Waals surface area (Å²) in [6.45, 7) is 17.0. The van der Waals surface area contributed by atoms with Crippen molar-refractivity contribution in [1.82, 2.24) is 0 Å². The van der Waals surface area contributed by atoms with E-state index in [0.717, 1.165) is 5.43 Å². The Bertz CT molecular complexity index is 1270. The summed E-state index contributed by atoms with van der Waals surface area (Å²) in [5, 5.41) is 23.1. The zero-order valence-electron chi connectivity index (χ0n) is 23.0. The largest absolute Gasteiger partial charge is 0.868 e. The van der Waals surface area contributed by atoms with Crippen LogP contribution in [0.5, 0.6) is 11.5 Å². The van der Waals surface area contributed by atoms with Crippen LogP contribution in [0.3, 0.4) is 0 Å². The first-order chi connectivity index (χ1) is 17.9. The van der Waals surface area contributed by atoms with Crippen LogP contribution >= 0.6 is 34.8 Å². The molecule has 0 spiro atoms. The predicted molar refractivity (Wildman–Crippen MR) is 151 cm³/mol. The molecule has 1 aliphatic heterocycles. The number of hydrogen-bond donors (Lipinski definition) is 3. The summed E-state index contributed by atoms with van der Waals surface area (Å²) in [6, 6.07) is 0. The van der Waals surface area contributed by atoms with Crippen LogP contribution < -0.4 is 16.4 Å². The summed E-state index contributed by atoms with van der Waals surface area (Å²) >= 11 is 21.0. The summed E-state index contributed by atoms with van der Waals surface area (Å²) in [5.74, 6) is 2.78. The molecule has 5 N–H and O–H groups in total. The Hall–Kier alpha value is -1.61. The number of benzene rings is 1. The molecule has 1 saturated carbocycles. The van der Waals surface area contributed by atoms with Crippen LogP contribution in [0.2, 0.25) is 0 Å². The summed E-state index contributed by atoms with van der Waals surface area (Å²) in [4.78, 5) is 27.3. The molecule has 0 radical (unpaired) electrons. The first-order valence-corrected chi connectivity index (χ1v) is 14.3. The molecule has 39 heavy (non-hydrogen) atoms. The summed E-state index contributed by atoms with van der Waals surface area (Å²) in [6.07, 6.45) is 4.79. The van der Waals surface area contributed by atoms with Crippen molar-refractivity contribution in [3.8, 4) is 11.5 Å². The summed E-state index contributed by atoms with van der Waals surface area (Å²) < 4.78 is 6.66. The van der Waals surface area contributed by atoms with Gasteiger partial charge in [-0.15, -0.1) is 48.0 Å². The van der Waals surface area contributed by atoms with E-state index in [2.05, 4.69) is 13.2 Å². The average molecular weight is 600 g/mol. The molecule has 1 aromatic rings. The fourth-order valence-electron chi connectivity index (χ4n) is 7.08. The van der Waals surface area contributed by atoms with Crippen molar-refractivity contribution in [2.24, 2.45) is 22.6 Å². The second-order valence-electron chi connectivity index (χ2n) is 12.4. The highest BCUT2D eigenvalue weighted by atomic mass is 35.5. The number of halogens is 3. The SMILES string of the molecule is C=CC1(C=C)CC[C@H](Cl)C(C)(C)[C@@H]1C[C@@]12OC(C)(C)[C@H](Cl)C[C@]1(Cl)C(=O)c1c(O)c(C)c([O-])c([NH2+]N)c1C2=O. The standard InChI is InChI=1S/C29H37Cl3N2O5/c1-8-27(9-2)11-10-16(30)25(4,5)15(27)12-29-24(38)18-19(21(35)14(3)22(36)20(18)34-33)23(37)28(29,32)13-17(31)26(6,7)39-29/h8-9,15-17,34-36H,1-2,10-13,33H2,3-7H3/t15-,16-,17+,28-,29-/m0/s1. The summed E-state index contributed by atoms with van der Waals surface area (Å²) in [7, 11) is 0. The average Bonchev–Trinajstić information content (AvgIpc) is 2.87. The van der Waals surface area contributed by atoms with Crippen LogP contribution in [-0.4, -0.2) is 43.5 Å². The van der Waals surface area contributed by atoms with Gasteiger partial charge in [0.05, 0.1) is 22.1 Å². The topological polar surface area (TPSA) is 129 Å². The molecular weight excluding hydrogens is 563 g/mol. The van der Waals surface area contributed by atoms with Crippen LogP contribution in [0.1, 0.15) is 79.7 Å². The molecule has 0 amide bonds. The number of rotatable bonds is 5. The van der Waals surface area contributed by atoms with Gasteiger partial charge < -0.3 is 14.9 Å². The van der Waals surface area contributed by atoms with Gasteiger partial charge >= 0.3 is 0 Å². The lowest BCUT2D eigenvalue weighted by atomic mass is 9.50. The van der Waals surface area contributed by atoms with Gasteiger partial charge in [0.2, 0.25) is 5.78 Å². The number of carbonyl (C=O) groups is 2. The minimum Gasteiger partial charge on any atom is -0.868 e. The van der Waals surface area contributed by atoms with Gasteiger partial charge in [0.25, 0.3) is 0 Å². The number of alkyl halides is 3. The first kappa shape index (κ1) is 30.4. The van der Waals surface area contributed by atoms with Gasteiger partial charge in [-0.1, -0.05) is 26.0 Å². The van der Waals surface area contributed by atoms with E-state index in [4.69, 9.17) is 45.4 Å². The molecule has 2 fully saturated rings. The third-order valence-electron chi connectivity index (χ3n) is 9.77. The highest BCUT2D eigenvalue weighted by molar-refractivity contribution is 6.45. The van der Waals surface area contributed by atoms with E-state index >= 15 is 0 Å². The number of phenols is 1. The quantitative estimate of drug-likeness (QED) is 0.114. The Morgan fingerprint density at radius 2 is 1.72 bits per heavy atom. The number of Topliss-reactive ketones (excluding diaryl/α,β-unsaturated/α-hetero) is 2. The van der Waals surface area contributed by atoms with Gasteiger partial charge in [0, 0.05) is 10.8 Å². The zero-order chi connectivity index (χ0) is 29.5. The maximum Gasteiger partial charge on any atom is 0.203 e. The van der Waals surface area contributed by atoms with Crippen molar-refractivity contribution in [1.29, 1.82) is 0 Å². The Balaban J connectivity index is 2.10. The molecule has 0 unspecified atom stereocenters. The van der Waals surface area contributed by atoms with Crippen LogP contribution in [0.25, 0.3) is 0 Å². The van der Waals surface area contributed by atoms with Gasteiger partial charge in [-0.25, -0.2) is 5.43 Å². The molecule has 7 nitrogen and oxygen atoms in total. The number of quaternary nitrogens is 1. The van der Waals surface area contributed by atoms with Crippen molar-refractivity contribution in [2.75, 3.05) is 0 Å². The molecule has 10 heteroatoms. The second kappa shape index (κ2) is 9.47. The number of nitrogens with two attached hydrogens (primary N) is 2. The molecular formula is C29H37Cl3N2O5. The van der Waals surface area contributed by atoms with E-state index in [1.165, 1.54) is 6.92 Å². The van der Waals surface area contributed by atoms with Crippen LogP contribution in [-0.2, 0) is 4.74 Å². The Labute approximate surface area is 244 Å². The monoisotopic (exact) mass is 598 g/mol. The van der Waals surface area contributed by atoms with E-state index < -0.39 is 61.3 Å². The van der Waals surface area contributed by atoms with Crippen molar-refractivity contribution in [2.45, 2.75) is 87.1 Å². The highest BCUT2D eigenvalue weighted by Crippen LogP contribution is 2.63. The number of ketones is 2. The summed E-state index contributed by atoms with van der Waals surface area (Å²) in [5.41, 5.74) is -4.19. The number of hydrogen-bond acceptors (Lipinski definition) is 6. The van der Waals surface area contributed by atoms with E-state index in [-0.39, 0.29) is 40.6 Å². The van der Waals surface area contributed by atoms with Gasteiger partial charge in [0.15, 0.2) is 17.1 Å². The maximum absolute atomic E-state index is 14.9. The molecule has 214 valence electrons.